The van der Waals surface area contributed by atoms with Crippen molar-refractivity contribution < 1.29 is 8.83 Å². The molecule has 12 rings (SSSR count). The van der Waals surface area contributed by atoms with E-state index in [0.29, 0.717) is 5.92 Å². The van der Waals surface area contributed by atoms with Crippen LogP contribution in [-0.4, -0.2) is 9.13 Å². The van der Waals surface area contributed by atoms with E-state index >= 15 is 0 Å². The first-order valence-electron chi connectivity index (χ1n) is 20.6. The summed E-state index contributed by atoms with van der Waals surface area (Å²) in [4.78, 5) is 0. The van der Waals surface area contributed by atoms with Crippen molar-refractivity contribution in [2.24, 2.45) is 5.92 Å². The van der Waals surface area contributed by atoms with Crippen LogP contribution in [-0.2, 0) is 6.42 Å². The van der Waals surface area contributed by atoms with Crippen LogP contribution in [0.25, 0.3) is 111 Å². The minimum atomic E-state index is 0.522. The maximum Gasteiger partial charge on any atom is 0.135 e. The van der Waals surface area contributed by atoms with Gasteiger partial charge in [-0.3, -0.25) is 0 Å². The van der Waals surface area contributed by atoms with Gasteiger partial charge in [-0.25, -0.2) is 0 Å². The largest absolute Gasteiger partial charge is 0.456 e. The smallest absolute Gasteiger partial charge is 0.135 e. The Morgan fingerprint density at radius 2 is 1.10 bits per heavy atom. The summed E-state index contributed by atoms with van der Waals surface area (Å²) in [5, 5.41) is 6.74. The van der Waals surface area contributed by atoms with Crippen molar-refractivity contribution in [2.45, 2.75) is 20.3 Å². The Labute approximate surface area is 346 Å². The van der Waals surface area contributed by atoms with Gasteiger partial charge in [0, 0.05) is 49.4 Å². The minimum Gasteiger partial charge on any atom is -0.456 e. The summed E-state index contributed by atoms with van der Waals surface area (Å²) >= 11 is 0. The molecule has 1 aliphatic carbocycles. The molecule has 4 heteroatoms. The van der Waals surface area contributed by atoms with Gasteiger partial charge in [-0.2, -0.15) is 0 Å². The van der Waals surface area contributed by atoms with Gasteiger partial charge in [-0.05, 0) is 138 Å². The fourth-order valence-corrected chi connectivity index (χ4v) is 9.69. The van der Waals surface area contributed by atoms with Crippen LogP contribution >= 0.6 is 0 Å². The fraction of sp³-hybridized carbons (Fsp3) is 0.0714. The third-order valence-electron chi connectivity index (χ3n) is 12.5. The molecule has 1 atom stereocenters. The second kappa shape index (κ2) is 13.1. The molecule has 284 valence electrons. The number of allylic oxidation sites excluding steroid dienone is 2. The third kappa shape index (κ3) is 5.13. The number of terminal acetylenes is 1. The summed E-state index contributed by atoms with van der Waals surface area (Å²) in [6.45, 7) is 4.32. The monoisotopic (exact) mass is 770 g/mol. The second-order valence-corrected chi connectivity index (χ2v) is 16.1. The topological polar surface area (TPSA) is 36.1 Å². The number of aromatic nitrogens is 2. The number of furan rings is 2. The van der Waals surface area contributed by atoms with Crippen molar-refractivity contribution >= 4 is 77.8 Å². The van der Waals surface area contributed by atoms with Crippen LogP contribution in [0, 0.1) is 18.3 Å². The zero-order valence-electron chi connectivity index (χ0n) is 33.2. The highest BCUT2D eigenvalue weighted by atomic mass is 16.3. The van der Waals surface area contributed by atoms with Gasteiger partial charge in [-0.1, -0.05) is 91.7 Å². The number of benzene rings is 7. The molecule has 0 fully saturated rings. The molecule has 0 saturated heterocycles. The van der Waals surface area contributed by atoms with E-state index in [4.69, 9.17) is 15.3 Å². The molecule has 4 nitrogen and oxygen atoms in total. The van der Waals surface area contributed by atoms with Crippen LogP contribution < -0.4 is 0 Å². The van der Waals surface area contributed by atoms with Crippen LogP contribution in [0.15, 0.2) is 167 Å². The summed E-state index contributed by atoms with van der Waals surface area (Å²) in [6, 6.07) is 52.0. The lowest BCUT2D eigenvalue weighted by atomic mass is 9.93. The number of nitrogens with zero attached hydrogens (tertiary/aromatic N) is 2. The maximum absolute atomic E-state index is 6.43. The molecule has 0 aliphatic heterocycles. The van der Waals surface area contributed by atoms with Crippen LogP contribution in [0.1, 0.15) is 36.4 Å². The maximum atomic E-state index is 6.43. The Morgan fingerprint density at radius 1 is 0.567 bits per heavy atom. The molecule has 1 unspecified atom stereocenters. The molecule has 0 bridgehead atoms. The van der Waals surface area contributed by atoms with Crippen molar-refractivity contribution in [3.05, 3.63) is 180 Å². The van der Waals surface area contributed by atoms with Gasteiger partial charge in [0.15, 0.2) is 0 Å². The second-order valence-electron chi connectivity index (χ2n) is 16.1. The van der Waals surface area contributed by atoms with E-state index < -0.39 is 0 Å². The van der Waals surface area contributed by atoms with Crippen LogP contribution in [0.2, 0.25) is 0 Å². The van der Waals surface area contributed by atoms with Gasteiger partial charge < -0.3 is 18.0 Å². The van der Waals surface area contributed by atoms with E-state index in [1.54, 1.807) is 0 Å². The van der Waals surface area contributed by atoms with Crippen molar-refractivity contribution in [2.75, 3.05) is 0 Å². The first-order valence-corrected chi connectivity index (χ1v) is 20.6. The van der Waals surface area contributed by atoms with Gasteiger partial charge in [0.2, 0.25) is 0 Å². The molecule has 4 aromatic heterocycles. The summed E-state index contributed by atoms with van der Waals surface area (Å²) < 4.78 is 17.5. The van der Waals surface area contributed by atoms with Crippen molar-refractivity contribution in [3.63, 3.8) is 0 Å². The average Bonchev–Trinajstić information content (AvgIpc) is 4.03. The minimum absolute atomic E-state index is 0.522. The molecule has 1 aliphatic rings. The zero-order valence-corrected chi connectivity index (χ0v) is 33.2. The first-order chi connectivity index (χ1) is 29.5. The number of hydrogen-bond donors (Lipinski definition) is 0. The first kappa shape index (κ1) is 34.3. The quantitative estimate of drug-likeness (QED) is 0.163. The Bertz CT molecular complexity index is 3680. The lowest BCUT2D eigenvalue weighted by molar-refractivity contribution is 0.668. The number of hydrogen-bond acceptors (Lipinski definition) is 2. The highest BCUT2D eigenvalue weighted by molar-refractivity contribution is 6.09. The molecule has 0 amide bonds. The van der Waals surface area contributed by atoms with E-state index in [1.807, 2.05) is 19.1 Å². The molecule has 11 aromatic rings. The standard InChI is InChI=1S/C56H38N2O2/c1-4-11-49-41(5-2)42-14-6-8-16-50(42)57(49)39-21-26-55-47(32-39)45-30-37(19-24-53(45)59-55)35-12-10-13-36(29-35)38-20-25-54-46(31-38)48-33-40(22-27-56(48)60-54)58-51-17-9-7-15-43(51)44-28-34(3)18-23-52(44)58/h2,4,6-27,29-34H,28H2,1,3H3/b11-4-. The Kier molecular flexibility index (Phi) is 7.52. The Morgan fingerprint density at radius 3 is 1.72 bits per heavy atom. The summed E-state index contributed by atoms with van der Waals surface area (Å²) in [6.07, 6.45) is 15.9. The van der Waals surface area contributed by atoms with Crippen LogP contribution in [0.5, 0.6) is 0 Å². The van der Waals surface area contributed by atoms with E-state index in [9.17, 15) is 0 Å². The molecule has 0 spiro atoms. The number of rotatable bonds is 5. The van der Waals surface area contributed by atoms with Crippen LogP contribution in [0.4, 0.5) is 0 Å². The molecule has 0 radical (unpaired) electrons. The average molecular weight is 771 g/mol. The molecule has 60 heavy (non-hydrogen) atoms. The highest BCUT2D eigenvalue weighted by Gasteiger charge is 2.22. The summed E-state index contributed by atoms with van der Waals surface area (Å²) in [5.74, 6) is 3.48. The van der Waals surface area contributed by atoms with Crippen molar-refractivity contribution in [1.82, 2.24) is 9.13 Å². The summed E-state index contributed by atoms with van der Waals surface area (Å²) in [5.41, 5.74) is 17.1. The predicted molar refractivity (Wildman–Crippen MR) is 250 cm³/mol. The van der Waals surface area contributed by atoms with E-state index in [1.165, 1.54) is 22.2 Å². The van der Waals surface area contributed by atoms with E-state index in [0.717, 1.165) is 106 Å². The third-order valence-corrected chi connectivity index (χ3v) is 12.5. The Balaban J connectivity index is 0.944. The fourth-order valence-electron chi connectivity index (χ4n) is 9.69. The highest BCUT2D eigenvalue weighted by Crippen LogP contribution is 2.40. The molecule has 4 heterocycles. The molecule has 0 N–H and O–H groups in total. The number of para-hydroxylation sites is 2. The predicted octanol–water partition coefficient (Wildman–Crippen LogP) is 14.9. The Hall–Kier alpha value is -7.74. The van der Waals surface area contributed by atoms with Gasteiger partial charge in [0.05, 0.1) is 22.3 Å². The SMILES string of the molecule is C#Cc1c(/C=C\C)n(-c2ccc3oc4ccc(-c5cccc(-c6ccc7oc8ccc(-n9c%10c(c%11ccccc%119)CC(C)C=C%10)cc8c7c6)c5)cc4c3c2)c2ccccc12. The molecular formula is C56H38N2O2. The molecule has 0 saturated carbocycles. The van der Waals surface area contributed by atoms with Gasteiger partial charge in [-0.15, -0.1) is 6.42 Å². The summed E-state index contributed by atoms with van der Waals surface area (Å²) in [7, 11) is 0. The van der Waals surface area contributed by atoms with Crippen molar-refractivity contribution in [1.29, 1.82) is 0 Å². The lowest BCUT2D eigenvalue weighted by Gasteiger charge is -2.15. The molecular weight excluding hydrogens is 733 g/mol. The van der Waals surface area contributed by atoms with E-state index in [2.05, 4.69) is 180 Å². The lowest BCUT2D eigenvalue weighted by Crippen LogP contribution is -2.05. The van der Waals surface area contributed by atoms with E-state index in [-0.39, 0.29) is 0 Å². The van der Waals surface area contributed by atoms with Gasteiger partial charge in [0.1, 0.15) is 22.3 Å². The van der Waals surface area contributed by atoms with Crippen LogP contribution in [0.3, 0.4) is 0 Å². The number of fused-ring (bicyclic) bond motifs is 10. The normalized spacial score (nSPS) is 14.1. The molecule has 7 aromatic carbocycles. The van der Waals surface area contributed by atoms with Gasteiger partial charge >= 0.3 is 0 Å². The van der Waals surface area contributed by atoms with Gasteiger partial charge in [0.25, 0.3) is 0 Å². The van der Waals surface area contributed by atoms with Crippen molar-refractivity contribution in [3.8, 4) is 46.0 Å². The zero-order chi connectivity index (χ0) is 40.1.